The number of hydrogen-bond acceptors (Lipinski definition) is 5. The number of aryl methyl sites for hydroxylation is 1. The maximum atomic E-state index is 14.2. The van der Waals surface area contributed by atoms with Crippen molar-refractivity contribution in [1.29, 1.82) is 0 Å². The number of nitrogens with one attached hydrogen (secondary N) is 1. The van der Waals surface area contributed by atoms with Gasteiger partial charge < -0.3 is 11.1 Å². The van der Waals surface area contributed by atoms with Gasteiger partial charge in [0.25, 0.3) is 11.8 Å². The normalized spacial score (nSPS) is 11.6. The molecule has 1 heterocycles. The third-order valence-electron chi connectivity index (χ3n) is 4.38. The van der Waals surface area contributed by atoms with E-state index in [0.29, 0.717) is 5.56 Å². The van der Waals surface area contributed by atoms with E-state index >= 15 is 0 Å². The minimum atomic E-state index is -4.08. The van der Waals surface area contributed by atoms with Crippen molar-refractivity contribution in [2.24, 2.45) is 5.73 Å². The van der Waals surface area contributed by atoms with E-state index in [1.165, 1.54) is 17.4 Å². The molecule has 0 aliphatic rings. The molecule has 0 unspecified atom stereocenters. The third kappa shape index (κ3) is 4.08. The zero-order valence-electron chi connectivity index (χ0n) is 16.0. The summed E-state index contributed by atoms with van der Waals surface area (Å²) < 4.78 is 40.6. The van der Waals surface area contributed by atoms with Crippen LogP contribution in [0.2, 0.25) is 0 Å². The predicted octanol–water partition coefficient (Wildman–Crippen LogP) is 2.89. The van der Waals surface area contributed by atoms with Gasteiger partial charge in [-0.25, -0.2) is 12.8 Å². The Kier molecular flexibility index (Phi) is 6.58. The molecule has 10 heteroatoms. The number of anilines is 1. The van der Waals surface area contributed by atoms with Crippen LogP contribution in [0.25, 0.3) is 0 Å². The quantitative estimate of drug-likeness (QED) is 0.708. The first-order valence-corrected chi connectivity index (χ1v) is 10.8. The van der Waals surface area contributed by atoms with Gasteiger partial charge in [0.2, 0.25) is 10.0 Å². The van der Waals surface area contributed by atoms with E-state index in [1.54, 1.807) is 27.7 Å². The highest BCUT2D eigenvalue weighted by Crippen LogP contribution is 2.32. The van der Waals surface area contributed by atoms with E-state index in [4.69, 9.17) is 5.73 Å². The molecule has 28 heavy (non-hydrogen) atoms. The Morgan fingerprint density at radius 2 is 1.82 bits per heavy atom. The van der Waals surface area contributed by atoms with E-state index < -0.39 is 32.6 Å². The number of benzene rings is 1. The Hall–Kier alpha value is -2.30. The summed E-state index contributed by atoms with van der Waals surface area (Å²) in [6.45, 7) is 7.13. The van der Waals surface area contributed by atoms with Crippen molar-refractivity contribution in [3.8, 4) is 0 Å². The van der Waals surface area contributed by atoms with Crippen LogP contribution in [0, 0.1) is 19.7 Å². The van der Waals surface area contributed by atoms with E-state index in [2.05, 4.69) is 5.32 Å². The summed E-state index contributed by atoms with van der Waals surface area (Å²) in [7, 11) is -4.08. The zero-order valence-corrected chi connectivity index (χ0v) is 17.6. The Labute approximate surface area is 167 Å². The molecule has 2 aromatic rings. The second-order valence-electron chi connectivity index (χ2n) is 6.04. The van der Waals surface area contributed by atoms with E-state index in [-0.39, 0.29) is 29.2 Å². The van der Waals surface area contributed by atoms with Crippen LogP contribution in [0.5, 0.6) is 0 Å². The first kappa shape index (κ1) is 22.0. The van der Waals surface area contributed by atoms with Crippen LogP contribution in [-0.2, 0) is 10.0 Å². The van der Waals surface area contributed by atoms with Gasteiger partial charge in [-0.3, -0.25) is 9.59 Å². The molecule has 2 rings (SSSR count). The Morgan fingerprint density at radius 1 is 1.21 bits per heavy atom. The van der Waals surface area contributed by atoms with Gasteiger partial charge in [0.15, 0.2) is 0 Å². The van der Waals surface area contributed by atoms with Crippen molar-refractivity contribution in [2.45, 2.75) is 32.6 Å². The standard InChI is InChI=1S/C18H22FN3O4S2/c1-5-22(6-2)28(25,26)14-9-12(7-8-13(14)19)17(24)21-18-15(16(20)23)10(3)11(4)27-18/h7-9H,5-6H2,1-4H3,(H2,20,23)(H,21,24). The summed E-state index contributed by atoms with van der Waals surface area (Å²) in [5, 5.41) is 2.84. The number of halogens is 1. The Bertz CT molecular complexity index is 1030. The van der Waals surface area contributed by atoms with Crippen molar-refractivity contribution in [1.82, 2.24) is 4.31 Å². The number of carbonyl (C=O) groups excluding carboxylic acids is 2. The molecule has 0 aliphatic carbocycles. The molecule has 152 valence electrons. The number of nitrogens with zero attached hydrogens (tertiary/aromatic N) is 1. The van der Waals surface area contributed by atoms with Crippen molar-refractivity contribution in [3.05, 3.63) is 45.6 Å². The first-order chi connectivity index (χ1) is 13.0. The molecule has 0 radical (unpaired) electrons. The lowest BCUT2D eigenvalue weighted by molar-refractivity contribution is 0.100. The molecule has 0 spiro atoms. The van der Waals surface area contributed by atoms with Crippen molar-refractivity contribution in [2.75, 3.05) is 18.4 Å². The van der Waals surface area contributed by atoms with Gasteiger partial charge >= 0.3 is 0 Å². The van der Waals surface area contributed by atoms with E-state index in [9.17, 15) is 22.4 Å². The van der Waals surface area contributed by atoms with E-state index in [0.717, 1.165) is 21.3 Å². The maximum Gasteiger partial charge on any atom is 0.256 e. The molecular weight excluding hydrogens is 405 g/mol. The maximum absolute atomic E-state index is 14.2. The third-order valence-corrected chi connectivity index (χ3v) is 7.56. The molecule has 0 atom stereocenters. The Balaban J connectivity index is 2.44. The number of thiophene rings is 1. The topological polar surface area (TPSA) is 110 Å². The van der Waals surface area contributed by atoms with Crippen LogP contribution < -0.4 is 11.1 Å². The van der Waals surface area contributed by atoms with Crippen LogP contribution in [0.15, 0.2) is 23.1 Å². The van der Waals surface area contributed by atoms with Crippen molar-refractivity contribution < 1.29 is 22.4 Å². The van der Waals surface area contributed by atoms with Crippen LogP contribution >= 0.6 is 11.3 Å². The lowest BCUT2D eigenvalue weighted by atomic mass is 10.1. The molecule has 0 aliphatic heterocycles. The SMILES string of the molecule is CCN(CC)S(=O)(=O)c1cc(C(=O)Nc2sc(C)c(C)c2C(N)=O)ccc1F. The molecular formula is C18H22FN3O4S2. The lowest BCUT2D eigenvalue weighted by Crippen LogP contribution is -2.31. The largest absolute Gasteiger partial charge is 0.365 e. The lowest BCUT2D eigenvalue weighted by Gasteiger charge is -2.19. The zero-order chi connectivity index (χ0) is 21.2. The number of hydrogen-bond donors (Lipinski definition) is 2. The summed E-state index contributed by atoms with van der Waals surface area (Å²) in [6, 6.07) is 3.12. The molecule has 1 aromatic heterocycles. The summed E-state index contributed by atoms with van der Waals surface area (Å²) in [5.41, 5.74) is 6.21. The number of carbonyl (C=O) groups is 2. The van der Waals surface area contributed by atoms with Crippen LogP contribution in [0.1, 0.15) is 45.0 Å². The average molecular weight is 428 g/mol. The summed E-state index contributed by atoms with van der Waals surface area (Å²) in [6.07, 6.45) is 0. The van der Waals surface area contributed by atoms with Gasteiger partial charge in [0.05, 0.1) is 5.56 Å². The van der Waals surface area contributed by atoms with Crippen molar-refractivity contribution in [3.63, 3.8) is 0 Å². The molecule has 3 N–H and O–H groups in total. The highest BCUT2D eigenvalue weighted by molar-refractivity contribution is 7.89. The summed E-state index contributed by atoms with van der Waals surface area (Å²) in [4.78, 5) is 24.6. The average Bonchev–Trinajstić information content (AvgIpc) is 2.89. The highest BCUT2D eigenvalue weighted by Gasteiger charge is 2.27. The summed E-state index contributed by atoms with van der Waals surface area (Å²) >= 11 is 1.18. The molecule has 0 bridgehead atoms. The Morgan fingerprint density at radius 3 is 2.36 bits per heavy atom. The van der Waals surface area contributed by atoms with Crippen LogP contribution in [0.4, 0.5) is 9.39 Å². The molecule has 0 saturated carbocycles. The molecule has 0 fully saturated rings. The van der Waals surface area contributed by atoms with E-state index in [1.807, 2.05) is 0 Å². The first-order valence-electron chi connectivity index (χ1n) is 8.55. The smallest absolute Gasteiger partial charge is 0.256 e. The second kappa shape index (κ2) is 8.38. The predicted molar refractivity (Wildman–Crippen MR) is 107 cm³/mol. The highest BCUT2D eigenvalue weighted by atomic mass is 32.2. The minimum Gasteiger partial charge on any atom is -0.365 e. The van der Waals surface area contributed by atoms with Gasteiger partial charge in [-0.15, -0.1) is 11.3 Å². The van der Waals surface area contributed by atoms with Crippen molar-refractivity contribution >= 4 is 38.2 Å². The molecule has 7 nitrogen and oxygen atoms in total. The number of primary amides is 1. The van der Waals surface area contributed by atoms with Gasteiger partial charge in [0.1, 0.15) is 15.7 Å². The van der Waals surface area contributed by atoms with Gasteiger partial charge in [-0.1, -0.05) is 13.8 Å². The van der Waals surface area contributed by atoms with Crippen LogP contribution in [0.3, 0.4) is 0 Å². The molecule has 1 aromatic carbocycles. The second-order valence-corrected chi connectivity index (χ2v) is 9.17. The fourth-order valence-electron chi connectivity index (χ4n) is 2.73. The fourth-order valence-corrected chi connectivity index (χ4v) is 5.34. The number of rotatable bonds is 7. The molecule has 2 amide bonds. The molecule has 0 saturated heterocycles. The fraction of sp³-hybridized carbons (Fsp3) is 0.333. The monoisotopic (exact) mass is 427 g/mol. The van der Waals surface area contributed by atoms with Gasteiger partial charge in [-0.05, 0) is 37.6 Å². The van der Waals surface area contributed by atoms with Crippen LogP contribution in [-0.4, -0.2) is 37.6 Å². The van der Waals surface area contributed by atoms with Gasteiger partial charge in [0, 0.05) is 23.5 Å². The van der Waals surface area contributed by atoms with Gasteiger partial charge in [-0.2, -0.15) is 4.31 Å². The number of nitrogens with two attached hydrogens (primary N) is 1. The number of sulfonamides is 1. The number of amides is 2. The summed E-state index contributed by atoms with van der Waals surface area (Å²) in [5.74, 6) is -2.29. The minimum absolute atomic E-state index is 0.0498.